The van der Waals surface area contributed by atoms with Crippen LogP contribution in [-0.4, -0.2) is 13.1 Å². The van der Waals surface area contributed by atoms with Crippen molar-refractivity contribution in [1.82, 2.24) is 5.32 Å². The molecule has 0 saturated heterocycles. The Labute approximate surface area is 116 Å². The van der Waals surface area contributed by atoms with E-state index in [0.717, 1.165) is 27.5 Å². The first kappa shape index (κ1) is 13.3. The van der Waals surface area contributed by atoms with Gasteiger partial charge in [0, 0.05) is 22.1 Å². The molecule has 94 valence electrons. The van der Waals surface area contributed by atoms with Crippen LogP contribution in [0.25, 0.3) is 0 Å². The second kappa shape index (κ2) is 6.19. The SMILES string of the molecule is NCC(NCCC1CC1)c1cc(Br)ccc1Cl. The predicted octanol–water partition coefficient (Wildman–Crippen LogP) is 3.49. The van der Waals surface area contributed by atoms with Crippen LogP contribution in [0.1, 0.15) is 30.9 Å². The fourth-order valence-electron chi connectivity index (χ4n) is 1.97. The van der Waals surface area contributed by atoms with Gasteiger partial charge in [-0.3, -0.25) is 0 Å². The molecule has 1 fully saturated rings. The zero-order valence-corrected chi connectivity index (χ0v) is 12.1. The molecule has 0 bridgehead atoms. The van der Waals surface area contributed by atoms with Crippen LogP contribution in [-0.2, 0) is 0 Å². The van der Waals surface area contributed by atoms with Gasteiger partial charge in [-0.1, -0.05) is 40.4 Å². The van der Waals surface area contributed by atoms with Gasteiger partial charge in [0.2, 0.25) is 0 Å². The summed E-state index contributed by atoms with van der Waals surface area (Å²) in [4.78, 5) is 0. The molecule has 2 rings (SSSR count). The molecule has 1 aromatic rings. The molecule has 0 spiro atoms. The molecule has 0 aromatic heterocycles. The highest BCUT2D eigenvalue weighted by atomic mass is 79.9. The Kier molecular flexibility index (Phi) is 4.86. The van der Waals surface area contributed by atoms with E-state index < -0.39 is 0 Å². The smallest absolute Gasteiger partial charge is 0.0459 e. The predicted molar refractivity (Wildman–Crippen MR) is 76.3 cm³/mol. The van der Waals surface area contributed by atoms with Crippen molar-refractivity contribution in [2.45, 2.75) is 25.3 Å². The Morgan fingerprint density at radius 3 is 2.88 bits per heavy atom. The van der Waals surface area contributed by atoms with Crippen LogP contribution in [0.15, 0.2) is 22.7 Å². The largest absolute Gasteiger partial charge is 0.329 e. The Morgan fingerprint density at radius 2 is 2.24 bits per heavy atom. The molecular weight excluding hydrogens is 300 g/mol. The maximum absolute atomic E-state index is 6.21. The van der Waals surface area contributed by atoms with E-state index >= 15 is 0 Å². The number of nitrogens with one attached hydrogen (secondary N) is 1. The zero-order chi connectivity index (χ0) is 12.3. The highest BCUT2D eigenvalue weighted by Gasteiger charge is 2.21. The van der Waals surface area contributed by atoms with Crippen LogP contribution >= 0.6 is 27.5 Å². The molecule has 4 heteroatoms. The molecule has 0 heterocycles. The van der Waals surface area contributed by atoms with Gasteiger partial charge in [-0.25, -0.2) is 0 Å². The molecule has 0 amide bonds. The maximum atomic E-state index is 6.21. The van der Waals surface area contributed by atoms with Crippen molar-refractivity contribution >= 4 is 27.5 Å². The van der Waals surface area contributed by atoms with Gasteiger partial charge in [-0.05, 0) is 42.6 Å². The Bertz CT molecular complexity index is 380. The first-order valence-electron chi connectivity index (χ1n) is 6.09. The number of hydrogen-bond acceptors (Lipinski definition) is 2. The van der Waals surface area contributed by atoms with Gasteiger partial charge in [0.25, 0.3) is 0 Å². The summed E-state index contributed by atoms with van der Waals surface area (Å²) in [5, 5.41) is 4.27. The van der Waals surface area contributed by atoms with Crippen molar-refractivity contribution < 1.29 is 0 Å². The molecule has 0 radical (unpaired) electrons. The van der Waals surface area contributed by atoms with E-state index in [1.807, 2.05) is 18.2 Å². The molecule has 1 saturated carbocycles. The van der Waals surface area contributed by atoms with Crippen LogP contribution < -0.4 is 11.1 Å². The van der Waals surface area contributed by atoms with Crippen LogP contribution in [0.5, 0.6) is 0 Å². The molecule has 3 N–H and O–H groups in total. The normalized spacial score (nSPS) is 17.1. The minimum atomic E-state index is 0.152. The van der Waals surface area contributed by atoms with Crippen molar-refractivity contribution in [2.75, 3.05) is 13.1 Å². The van der Waals surface area contributed by atoms with Crippen LogP contribution in [0.4, 0.5) is 0 Å². The molecule has 2 nitrogen and oxygen atoms in total. The lowest BCUT2D eigenvalue weighted by molar-refractivity contribution is 0.516. The molecule has 17 heavy (non-hydrogen) atoms. The summed E-state index contributed by atoms with van der Waals surface area (Å²) in [6, 6.07) is 6.05. The molecular formula is C13H18BrClN2. The second-order valence-corrected chi connectivity index (χ2v) is 5.96. The third-order valence-electron chi connectivity index (χ3n) is 3.21. The van der Waals surface area contributed by atoms with E-state index in [-0.39, 0.29) is 6.04 Å². The summed E-state index contributed by atoms with van der Waals surface area (Å²) >= 11 is 9.68. The van der Waals surface area contributed by atoms with E-state index in [9.17, 15) is 0 Å². The van der Waals surface area contributed by atoms with Crippen LogP contribution in [0.2, 0.25) is 5.02 Å². The van der Waals surface area contributed by atoms with Crippen molar-refractivity contribution in [3.05, 3.63) is 33.3 Å². The van der Waals surface area contributed by atoms with Crippen molar-refractivity contribution in [3.8, 4) is 0 Å². The van der Waals surface area contributed by atoms with E-state index in [1.165, 1.54) is 19.3 Å². The van der Waals surface area contributed by atoms with Gasteiger partial charge in [-0.2, -0.15) is 0 Å². The number of halogens is 2. The summed E-state index contributed by atoms with van der Waals surface area (Å²) in [6.45, 7) is 1.59. The Balaban J connectivity index is 1.96. The summed E-state index contributed by atoms with van der Waals surface area (Å²) in [7, 11) is 0. The third kappa shape index (κ3) is 3.95. The monoisotopic (exact) mass is 316 g/mol. The van der Waals surface area contributed by atoms with E-state index in [2.05, 4.69) is 21.2 Å². The average Bonchev–Trinajstić information content (AvgIpc) is 3.12. The number of rotatable bonds is 6. The molecule has 1 aliphatic carbocycles. The zero-order valence-electron chi connectivity index (χ0n) is 9.76. The van der Waals surface area contributed by atoms with Crippen molar-refractivity contribution in [3.63, 3.8) is 0 Å². The minimum Gasteiger partial charge on any atom is -0.329 e. The number of hydrogen-bond donors (Lipinski definition) is 2. The number of benzene rings is 1. The van der Waals surface area contributed by atoms with Crippen molar-refractivity contribution in [1.29, 1.82) is 0 Å². The highest BCUT2D eigenvalue weighted by Crippen LogP contribution is 2.32. The van der Waals surface area contributed by atoms with Crippen LogP contribution in [0, 0.1) is 5.92 Å². The maximum Gasteiger partial charge on any atom is 0.0459 e. The van der Waals surface area contributed by atoms with E-state index in [4.69, 9.17) is 17.3 Å². The topological polar surface area (TPSA) is 38.0 Å². The third-order valence-corrected chi connectivity index (χ3v) is 4.05. The lowest BCUT2D eigenvalue weighted by Gasteiger charge is -2.19. The molecule has 1 aliphatic rings. The minimum absolute atomic E-state index is 0.152. The quantitative estimate of drug-likeness (QED) is 0.843. The first-order chi connectivity index (χ1) is 8.20. The molecule has 0 aliphatic heterocycles. The molecule has 1 aromatic carbocycles. The van der Waals surface area contributed by atoms with Crippen molar-refractivity contribution in [2.24, 2.45) is 11.7 Å². The van der Waals surface area contributed by atoms with Gasteiger partial charge in [0.1, 0.15) is 0 Å². The average molecular weight is 318 g/mol. The Morgan fingerprint density at radius 1 is 1.47 bits per heavy atom. The second-order valence-electron chi connectivity index (χ2n) is 4.64. The summed E-state index contributed by atoms with van der Waals surface area (Å²) in [5.74, 6) is 0.943. The fourth-order valence-corrected chi connectivity index (χ4v) is 2.60. The van der Waals surface area contributed by atoms with Gasteiger partial charge < -0.3 is 11.1 Å². The van der Waals surface area contributed by atoms with Gasteiger partial charge in [0.15, 0.2) is 0 Å². The molecule has 1 unspecified atom stereocenters. The highest BCUT2D eigenvalue weighted by molar-refractivity contribution is 9.10. The van der Waals surface area contributed by atoms with Crippen LogP contribution in [0.3, 0.4) is 0 Å². The fraction of sp³-hybridized carbons (Fsp3) is 0.538. The summed E-state index contributed by atoms with van der Waals surface area (Å²) < 4.78 is 1.04. The molecule has 1 atom stereocenters. The van der Waals surface area contributed by atoms with Gasteiger partial charge in [-0.15, -0.1) is 0 Å². The standard InChI is InChI=1S/C13H18BrClN2/c14-10-3-4-12(15)11(7-10)13(8-16)17-6-5-9-1-2-9/h3-4,7,9,13,17H,1-2,5-6,8,16H2. The number of nitrogens with two attached hydrogens (primary N) is 1. The Hall–Kier alpha value is -0.0900. The lowest BCUT2D eigenvalue weighted by Crippen LogP contribution is -2.29. The van der Waals surface area contributed by atoms with Gasteiger partial charge in [0.05, 0.1) is 0 Å². The summed E-state index contributed by atoms with van der Waals surface area (Å²) in [6.07, 6.45) is 4.04. The van der Waals surface area contributed by atoms with Gasteiger partial charge >= 0.3 is 0 Å². The first-order valence-corrected chi connectivity index (χ1v) is 7.26. The van der Waals surface area contributed by atoms with E-state index in [0.29, 0.717) is 6.54 Å². The summed E-state index contributed by atoms with van der Waals surface area (Å²) in [5.41, 5.74) is 6.90. The van der Waals surface area contributed by atoms with E-state index in [1.54, 1.807) is 0 Å². The lowest BCUT2D eigenvalue weighted by atomic mass is 10.1.